The second-order valence-electron chi connectivity index (χ2n) is 3.69. The van der Waals surface area contributed by atoms with E-state index in [9.17, 15) is 4.53 Å². The van der Waals surface area contributed by atoms with Crippen LogP contribution in [0.2, 0.25) is 0 Å². The highest BCUT2D eigenvalue weighted by Gasteiger charge is 2.30. The molecule has 1 heterocycles. The molecule has 0 radical (unpaired) electrons. The molecule has 2 rings (SSSR count). The van der Waals surface area contributed by atoms with E-state index in [-0.39, 0.29) is 6.01 Å². The average Bonchev–Trinajstić information content (AvgIpc) is 2.99. The van der Waals surface area contributed by atoms with Crippen LogP contribution in [0.4, 0.5) is 4.53 Å². The first-order valence-electron chi connectivity index (χ1n) is 5.77. The predicted molar refractivity (Wildman–Crippen MR) is 71.0 cm³/mol. The van der Waals surface area contributed by atoms with Crippen LogP contribution in [-0.2, 0) is 11.3 Å². The first-order valence-corrected chi connectivity index (χ1v) is 7.00. The molecule has 0 atom stereocenters. The molecule has 0 aliphatic rings. The summed E-state index contributed by atoms with van der Waals surface area (Å²) < 4.78 is 22.7. The standard InChI is InChI=1S/C10H12BFN4O3S/c1-3-7-4-8(6-9(5-7)20-2)17-11(19-12)18-10-13-15-16-14-10/h4-6H,3H2,1-2H3,(H,13,14,15,16). The smallest absolute Gasteiger partial charge is 0.499 e. The average molecular weight is 298 g/mol. The van der Waals surface area contributed by atoms with Crippen molar-refractivity contribution in [2.75, 3.05) is 6.26 Å². The van der Waals surface area contributed by atoms with Crippen molar-refractivity contribution in [3.05, 3.63) is 23.8 Å². The Labute approximate surface area is 119 Å². The van der Waals surface area contributed by atoms with Crippen LogP contribution in [0.3, 0.4) is 0 Å². The Bertz CT molecular complexity index is 523. The summed E-state index contributed by atoms with van der Waals surface area (Å²) in [4.78, 5) is 4.61. The summed E-state index contributed by atoms with van der Waals surface area (Å²) in [6.45, 7) is 2.02. The van der Waals surface area contributed by atoms with Crippen LogP contribution in [0, 0.1) is 0 Å². The molecule has 0 unspecified atom stereocenters. The van der Waals surface area contributed by atoms with Crippen molar-refractivity contribution < 1.29 is 18.7 Å². The number of aromatic amines is 1. The minimum absolute atomic E-state index is 0.107. The van der Waals surface area contributed by atoms with Crippen molar-refractivity contribution in [1.82, 2.24) is 20.6 Å². The number of tetrazole rings is 1. The molecule has 20 heavy (non-hydrogen) atoms. The molecule has 1 N–H and O–H groups in total. The Morgan fingerprint density at radius 3 is 2.80 bits per heavy atom. The van der Waals surface area contributed by atoms with Crippen LogP contribution in [0.25, 0.3) is 0 Å². The minimum Gasteiger partial charge on any atom is -0.499 e. The van der Waals surface area contributed by atoms with Gasteiger partial charge in [-0.3, -0.25) is 0 Å². The molecule has 0 saturated heterocycles. The predicted octanol–water partition coefficient (Wildman–Crippen LogP) is 1.83. The van der Waals surface area contributed by atoms with Crippen LogP contribution < -0.4 is 9.31 Å². The van der Waals surface area contributed by atoms with Gasteiger partial charge in [-0.15, -0.1) is 11.8 Å². The van der Waals surface area contributed by atoms with Gasteiger partial charge in [-0.2, -0.15) is 4.86 Å². The third-order valence-electron chi connectivity index (χ3n) is 2.42. The first-order chi connectivity index (χ1) is 9.75. The van der Waals surface area contributed by atoms with Gasteiger partial charge in [-0.25, -0.2) is 5.10 Å². The highest BCUT2D eigenvalue weighted by atomic mass is 32.2. The fraction of sp³-hybridized carbons (Fsp3) is 0.300. The van der Waals surface area contributed by atoms with Crippen molar-refractivity contribution in [3.63, 3.8) is 0 Å². The Morgan fingerprint density at radius 1 is 1.35 bits per heavy atom. The van der Waals surface area contributed by atoms with Gasteiger partial charge in [0.1, 0.15) is 5.75 Å². The van der Waals surface area contributed by atoms with E-state index in [1.54, 1.807) is 23.9 Å². The molecular formula is C10H12BFN4O3S. The zero-order valence-corrected chi connectivity index (χ0v) is 11.7. The van der Waals surface area contributed by atoms with E-state index in [1.165, 1.54) is 0 Å². The van der Waals surface area contributed by atoms with Crippen molar-refractivity contribution in [2.45, 2.75) is 18.2 Å². The van der Waals surface area contributed by atoms with Gasteiger partial charge in [-0.05, 0) is 46.9 Å². The van der Waals surface area contributed by atoms with Crippen molar-refractivity contribution in [1.29, 1.82) is 0 Å². The summed E-state index contributed by atoms with van der Waals surface area (Å²) >= 11 is 1.56. The van der Waals surface area contributed by atoms with Gasteiger partial charge in [0, 0.05) is 4.90 Å². The highest BCUT2D eigenvalue weighted by Crippen LogP contribution is 2.24. The van der Waals surface area contributed by atoms with Crippen LogP contribution in [0.5, 0.6) is 11.8 Å². The monoisotopic (exact) mass is 298 g/mol. The van der Waals surface area contributed by atoms with E-state index in [4.69, 9.17) is 9.31 Å². The van der Waals surface area contributed by atoms with Gasteiger partial charge in [-0.1, -0.05) is 16.5 Å². The van der Waals surface area contributed by atoms with E-state index in [0.717, 1.165) is 16.9 Å². The number of H-pyrrole nitrogens is 1. The summed E-state index contributed by atoms with van der Waals surface area (Å²) in [7, 11) is -1.59. The molecule has 2 aromatic rings. The van der Waals surface area contributed by atoms with Crippen LogP contribution in [0.15, 0.2) is 23.1 Å². The van der Waals surface area contributed by atoms with Crippen LogP contribution >= 0.6 is 11.8 Å². The number of nitrogens with zero attached hydrogens (tertiary/aromatic N) is 3. The Balaban J connectivity index is 2.10. The van der Waals surface area contributed by atoms with E-state index >= 15 is 0 Å². The molecule has 1 aromatic heterocycles. The van der Waals surface area contributed by atoms with Gasteiger partial charge in [0.05, 0.1) is 0 Å². The van der Waals surface area contributed by atoms with Gasteiger partial charge in [0.2, 0.25) is 0 Å². The molecule has 0 bridgehead atoms. The number of halogens is 1. The van der Waals surface area contributed by atoms with E-state index in [1.807, 2.05) is 19.2 Å². The molecular weight excluding hydrogens is 286 g/mol. The van der Waals surface area contributed by atoms with E-state index < -0.39 is 7.32 Å². The summed E-state index contributed by atoms with van der Waals surface area (Å²) in [5.74, 6) is 0.434. The third kappa shape index (κ3) is 3.84. The Morgan fingerprint density at radius 2 is 2.20 bits per heavy atom. The number of thioether (sulfide) groups is 1. The molecule has 0 amide bonds. The maximum Gasteiger partial charge on any atom is 0.823 e. The lowest BCUT2D eigenvalue weighted by molar-refractivity contribution is -0.0504. The first kappa shape index (κ1) is 14.6. The summed E-state index contributed by atoms with van der Waals surface area (Å²) in [6, 6.07) is 5.47. The minimum atomic E-state index is -1.59. The summed E-state index contributed by atoms with van der Waals surface area (Å²) in [6.07, 6.45) is 2.77. The second kappa shape index (κ2) is 7.10. The molecule has 0 aliphatic heterocycles. The van der Waals surface area contributed by atoms with Crippen molar-refractivity contribution >= 4 is 19.1 Å². The quantitative estimate of drug-likeness (QED) is 0.616. The van der Waals surface area contributed by atoms with Crippen LogP contribution in [0.1, 0.15) is 12.5 Å². The maximum absolute atomic E-state index is 12.5. The number of hydrogen-bond acceptors (Lipinski definition) is 7. The van der Waals surface area contributed by atoms with Gasteiger partial charge in [0.25, 0.3) is 0 Å². The number of rotatable bonds is 7. The largest absolute Gasteiger partial charge is 0.823 e. The lowest BCUT2D eigenvalue weighted by Crippen LogP contribution is -2.31. The summed E-state index contributed by atoms with van der Waals surface area (Å²) in [5, 5.41) is 12.3. The second-order valence-corrected chi connectivity index (χ2v) is 4.57. The fourth-order valence-corrected chi connectivity index (χ4v) is 1.99. The lowest BCUT2D eigenvalue weighted by Gasteiger charge is -2.11. The lowest BCUT2D eigenvalue weighted by atomic mass is 10.1. The van der Waals surface area contributed by atoms with E-state index in [2.05, 4.69) is 25.5 Å². The number of aryl methyl sites for hydroxylation is 1. The molecule has 106 valence electrons. The number of hydrogen-bond donors (Lipinski definition) is 1. The maximum atomic E-state index is 12.5. The van der Waals surface area contributed by atoms with Crippen molar-refractivity contribution in [3.8, 4) is 11.8 Å². The molecule has 7 nitrogen and oxygen atoms in total. The van der Waals surface area contributed by atoms with Gasteiger partial charge in [0.15, 0.2) is 0 Å². The Kier molecular flexibility index (Phi) is 5.19. The third-order valence-corrected chi connectivity index (χ3v) is 3.13. The number of nitrogens with one attached hydrogen (secondary N) is 1. The topological polar surface area (TPSA) is 82.2 Å². The SMILES string of the molecule is CCc1cc(OB(OF)Oc2nnn[nH]2)cc(SC)c1. The molecule has 0 fully saturated rings. The fourth-order valence-electron chi connectivity index (χ4n) is 1.48. The molecule has 0 aliphatic carbocycles. The van der Waals surface area contributed by atoms with E-state index in [0.29, 0.717) is 5.75 Å². The van der Waals surface area contributed by atoms with Gasteiger partial charge < -0.3 is 9.31 Å². The highest BCUT2D eigenvalue weighted by molar-refractivity contribution is 7.98. The Hall–Kier alpha value is -1.81. The molecule has 0 saturated carbocycles. The molecule has 1 aromatic carbocycles. The number of benzene rings is 1. The normalized spacial score (nSPS) is 10.3. The molecule has 10 heteroatoms. The van der Waals surface area contributed by atoms with Crippen LogP contribution in [-0.4, -0.2) is 34.2 Å². The molecule has 0 spiro atoms. The zero-order valence-electron chi connectivity index (χ0n) is 10.9. The summed E-state index contributed by atoms with van der Waals surface area (Å²) in [5.41, 5.74) is 1.06. The zero-order chi connectivity index (χ0) is 14.4. The number of aromatic nitrogens is 4. The van der Waals surface area contributed by atoms with Gasteiger partial charge >= 0.3 is 13.3 Å². The van der Waals surface area contributed by atoms with Crippen molar-refractivity contribution in [2.24, 2.45) is 0 Å².